The summed E-state index contributed by atoms with van der Waals surface area (Å²) in [5, 5.41) is 29.3. The van der Waals surface area contributed by atoms with Crippen molar-refractivity contribution in [1.29, 1.82) is 5.26 Å². The van der Waals surface area contributed by atoms with Crippen molar-refractivity contribution in [2.75, 3.05) is 0 Å². The van der Waals surface area contributed by atoms with Crippen LogP contribution in [-0.4, -0.2) is 33.1 Å². The Bertz CT molecular complexity index is 594. The van der Waals surface area contributed by atoms with Gasteiger partial charge in [-0.15, -0.1) is 0 Å². The van der Waals surface area contributed by atoms with E-state index in [9.17, 15) is 15.1 Å². The lowest BCUT2D eigenvalue weighted by Crippen LogP contribution is -2.54. The molecule has 1 aromatic carbocycles. The van der Waals surface area contributed by atoms with Crippen molar-refractivity contribution < 1.29 is 19.8 Å². The normalized spacial score (nSPS) is 23.1. The minimum absolute atomic E-state index is 0.259. The number of nitrogens with zero attached hydrogens (tertiary/aromatic N) is 2. The van der Waals surface area contributed by atoms with Crippen LogP contribution >= 0.6 is 0 Å². The van der Waals surface area contributed by atoms with Gasteiger partial charge < -0.3 is 15.6 Å². The third-order valence-corrected chi connectivity index (χ3v) is 3.33. The van der Waals surface area contributed by atoms with Crippen molar-refractivity contribution in [3.8, 4) is 11.8 Å². The average molecular weight is 277 g/mol. The van der Waals surface area contributed by atoms with Crippen molar-refractivity contribution in [1.82, 2.24) is 5.06 Å². The van der Waals surface area contributed by atoms with Gasteiger partial charge in [-0.25, -0.2) is 4.79 Å². The van der Waals surface area contributed by atoms with Gasteiger partial charge >= 0.3 is 6.03 Å². The number of hydrogen-bond acceptors (Lipinski definition) is 5. The fourth-order valence-electron chi connectivity index (χ4n) is 2.24. The Balaban J connectivity index is 2.60. The molecule has 0 aromatic heterocycles. The van der Waals surface area contributed by atoms with Crippen LogP contribution in [0.4, 0.5) is 4.79 Å². The fraction of sp³-hybridized carbons (Fsp3) is 0.385. The number of benzene rings is 1. The second-order valence-electron chi connectivity index (χ2n) is 5.14. The summed E-state index contributed by atoms with van der Waals surface area (Å²) in [5.74, 6) is 0.379. The highest BCUT2D eigenvalue weighted by molar-refractivity contribution is 5.71. The van der Waals surface area contributed by atoms with E-state index < -0.39 is 23.8 Å². The second kappa shape index (κ2) is 4.67. The molecule has 4 N–H and O–H groups in total. The van der Waals surface area contributed by atoms with E-state index in [1.54, 1.807) is 26.0 Å². The number of aliphatic hydroxyl groups is 1. The lowest BCUT2D eigenvalue weighted by Gasteiger charge is -2.43. The van der Waals surface area contributed by atoms with E-state index in [1.165, 1.54) is 6.07 Å². The van der Waals surface area contributed by atoms with Crippen molar-refractivity contribution >= 4 is 6.03 Å². The quantitative estimate of drug-likeness (QED) is 0.520. The highest BCUT2D eigenvalue weighted by Crippen LogP contribution is 2.42. The van der Waals surface area contributed by atoms with Crippen LogP contribution in [-0.2, 0) is 0 Å². The van der Waals surface area contributed by atoms with Crippen LogP contribution in [0, 0.1) is 11.3 Å². The van der Waals surface area contributed by atoms with E-state index >= 15 is 0 Å². The number of primary amides is 1. The molecule has 1 aliphatic rings. The molecule has 0 radical (unpaired) electrons. The topological polar surface area (TPSA) is 120 Å². The van der Waals surface area contributed by atoms with Crippen molar-refractivity contribution in [2.24, 2.45) is 5.73 Å². The molecule has 0 unspecified atom stereocenters. The van der Waals surface area contributed by atoms with E-state index in [-0.39, 0.29) is 5.06 Å². The zero-order valence-corrected chi connectivity index (χ0v) is 11.1. The molecule has 0 saturated heterocycles. The van der Waals surface area contributed by atoms with Crippen LogP contribution in [0.25, 0.3) is 0 Å². The van der Waals surface area contributed by atoms with E-state index in [4.69, 9.17) is 15.7 Å². The van der Waals surface area contributed by atoms with Crippen molar-refractivity contribution in [3.05, 3.63) is 29.3 Å². The summed E-state index contributed by atoms with van der Waals surface area (Å²) < 4.78 is 5.64. The Morgan fingerprint density at radius 2 is 2.20 bits per heavy atom. The Kier molecular flexibility index (Phi) is 3.29. The molecular weight excluding hydrogens is 262 g/mol. The van der Waals surface area contributed by atoms with Crippen molar-refractivity contribution in [2.45, 2.75) is 31.6 Å². The summed E-state index contributed by atoms with van der Waals surface area (Å²) in [6.07, 6.45) is -1.21. The smallest absolute Gasteiger partial charge is 0.339 e. The fourth-order valence-corrected chi connectivity index (χ4v) is 2.24. The number of hydroxylamine groups is 2. The predicted molar refractivity (Wildman–Crippen MR) is 67.8 cm³/mol. The first-order valence-electron chi connectivity index (χ1n) is 5.96. The molecule has 7 heteroatoms. The van der Waals surface area contributed by atoms with Crippen LogP contribution < -0.4 is 10.5 Å². The molecule has 1 aromatic rings. The van der Waals surface area contributed by atoms with Crippen LogP contribution in [0.2, 0.25) is 0 Å². The van der Waals surface area contributed by atoms with Crippen LogP contribution in [0.3, 0.4) is 0 Å². The van der Waals surface area contributed by atoms with Gasteiger partial charge in [-0.1, -0.05) is 0 Å². The molecule has 2 rings (SSSR count). The summed E-state index contributed by atoms with van der Waals surface area (Å²) in [6, 6.07) is 4.31. The number of amides is 2. The third kappa shape index (κ3) is 2.15. The maximum absolute atomic E-state index is 11.2. The Morgan fingerprint density at radius 3 is 2.75 bits per heavy atom. The summed E-state index contributed by atoms with van der Waals surface area (Å²) >= 11 is 0. The van der Waals surface area contributed by atoms with Gasteiger partial charge in [0.2, 0.25) is 0 Å². The molecule has 20 heavy (non-hydrogen) atoms. The number of carbonyl (C=O) groups is 1. The number of carbonyl (C=O) groups excluding carboxylic acids is 1. The number of urea groups is 1. The van der Waals surface area contributed by atoms with E-state index in [2.05, 4.69) is 0 Å². The second-order valence-corrected chi connectivity index (χ2v) is 5.14. The summed E-state index contributed by atoms with van der Waals surface area (Å²) in [4.78, 5) is 11.2. The molecule has 2 amide bonds. The zero-order chi connectivity index (χ0) is 15.1. The zero-order valence-electron chi connectivity index (χ0n) is 11.1. The van der Waals surface area contributed by atoms with Gasteiger partial charge in [0.15, 0.2) is 0 Å². The van der Waals surface area contributed by atoms with Gasteiger partial charge in [-0.2, -0.15) is 10.3 Å². The first-order valence-corrected chi connectivity index (χ1v) is 5.96. The lowest BCUT2D eigenvalue weighted by atomic mass is 9.86. The minimum atomic E-state index is -1.21. The highest BCUT2D eigenvalue weighted by atomic mass is 16.5. The minimum Gasteiger partial charge on any atom is -0.485 e. The van der Waals surface area contributed by atoms with E-state index in [0.29, 0.717) is 16.9 Å². The van der Waals surface area contributed by atoms with Gasteiger partial charge in [-0.05, 0) is 32.0 Å². The number of nitrogens with two attached hydrogens (primary N) is 1. The maximum atomic E-state index is 11.2. The number of ether oxygens (including phenoxy) is 1. The molecular formula is C13H15N3O4. The molecule has 7 nitrogen and oxygen atoms in total. The largest absolute Gasteiger partial charge is 0.485 e. The third-order valence-electron chi connectivity index (χ3n) is 3.33. The van der Waals surface area contributed by atoms with Crippen molar-refractivity contribution in [3.63, 3.8) is 0 Å². The summed E-state index contributed by atoms with van der Waals surface area (Å²) in [6.45, 7) is 3.25. The van der Waals surface area contributed by atoms with Crippen LogP contribution in [0.5, 0.6) is 5.75 Å². The van der Waals surface area contributed by atoms with Gasteiger partial charge in [0.25, 0.3) is 0 Å². The molecule has 1 aliphatic heterocycles. The number of nitriles is 1. The molecule has 0 bridgehead atoms. The number of hydrogen-bond donors (Lipinski definition) is 3. The summed E-state index contributed by atoms with van der Waals surface area (Å²) in [7, 11) is 0. The van der Waals surface area contributed by atoms with E-state index in [1.807, 2.05) is 6.07 Å². The highest BCUT2D eigenvalue weighted by Gasteiger charge is 2.46. The van der Waals surface area contributed by atoms with Gasteiger partial charge in [-0.3, -0.25) is 5.21 Å². The van der Waals surface area contributed by atoms with E-state index in [0.717, 1.165) is 0 Å². The predicted octanol–water partition coefficient (Wildman–Crippen LogP) is 0.901. The maximum Gasteiger partial charge on any atom is 0.339 e. The van der Waals surface area contributed by atoms with Crippen LogP contribution in [0.1, 0.15) is 31.0 Å². The van der Waals surface area contributed by atoms with Crippen LogP contribution in [0.15, 0.2) is 18.2 Å². The molecule has 0 saturated carbocycles. The number of aliphatic hydroxyl groups excluding tert-OH is 1. The Labute approximate surface area is 115 Å². The van der Waals surface area contributed by atoms with Gasteiger partial charge in [0, 0.05) is 5.56 Å². The Hall–Kier alpha value is -2.30. The van der Waals surface area contributed by atoms with Gasteiger partial charge in [0.05, 0.1) is 11.6 Å². The first-order chi connectivity index (χ1) is 9.27. The SMILES string of the molecule is CC1(C)Oc2ccc(C#N)cc2[C@H](N(O)C(N)=O)[C@H]1O. The lowest BCUT2D eigenvalue weighted by molar-refractivity contribution is -0.160. The first kappa shape index (κ1) is 14.1. The molecule has 0 spiro atoms. The molecule has 2 atom stereocenters. The summed E-state index contributed by atoms with van der Waals surface area (Å²) in [5.41, 5.74) is 4.69. The Morgan fingerprint density at radius 1 is 1.55 bits per heavy atom. The van der Waals surface area contributed by atoms with Gasteiger partial charge in [0.1, 0.15) is 23.5 Å². The molecule has 0 fully saturated rings. The molecule has 1 heterocycles. The monoisotopic (exact) mass is 277 g/mol. The standard InChI is InChI=1S/C13H15N3O4/c1-13(2)11(17)10(16(19)12(15)18)8-5-7(6-14)3-4-9(8)20-13/h3-5,10-11,17,19H,1-2H3,(H2,15,18)/t10-,11+/m0/s1. The number of rotatable bonds is 1. The average Bonchev–Trinajstić information content (AvgIpc) is 2.38. The number of fused-ring (bicyclic) bond motifs is 1. The molecule has 106 valence electrons. The molecule has 0 aliphatic carbocycles.